The highest BCUT2D eigenvalue weighted by Crippen LogP contribution is 2.40. The first-order valence-corrected chi connectivity index (χ1v) is 11.0. The summed E-state index contributed by atoms with van der Waals surface area (Å²) in [6.45, 7) is 4.09. The summed E-state index contributed by atoms with van der Waals surface area (Å²) in [5, 5.41) is 18.9. The number of nitrogens with one attached hydrogen (secondary N) is 2. The van der Waals surface area contributed by atoms with Gasteiger partial charge in [-0.25, -0.2) is 8.78 Å². The molecule has 0 radical (unpaired) electrons. The molecular weight excluding hydrogens is 396 g/mol. The summed E-state index contributed by atoms with van der Waals surface area (Å²) in [4.78, 5) is 0. The van der Waals surface area contributed by atoms with Gasteiger partial charge in [-0.15, -0.1) is 0 Å². The quantitative estimate of drug-likeness (QED) is 0.588. The van der Waals surface area contributed by atoms with Crippen molar-refractivity contribution in [2.75, 3.05) is 13.1 Å². The highest BCUT2D eigenvalue weighted by Gasteiger charge is 2.39. The van der Waals surface area contributed by atoms with E-state index >= 15 is 0 Å². The van der Waals surface area contributed by atoms with Crippen molar-refractivity contribution in [3.8, 4) is 0 Å². The minimum Gasteiger partial charge on any atom is -0.374 e. The Hall–Kier alpha value is -1.21. The van der Waals surface area contributed by atoms with Gasteiger partial charge in [0.05, 0.1) is 5.02 Å². The molecule has 1 aliphatic heterocycles. The van der Waals surface area contributed by atoms with Gasteiger partial charge in [-0.1, -0.05) is 24.6 Å². The number of aromatic nitrogens is 1. The third-order valence-electron chi connectivity index (χ3n) is 6.33. The fourth-order valence-corrected chi connectivity index (χ4v) is 5.42. The van der Waals surface area contributed by atoms with Crippen LogP contribution in [0.15, 0.2) is 24.4 Å². The monoisotopic (exact) mass is 425 g/mol. The molecule has 1 aromatic carbocycles. The highest BCUT2D eigenvalue weighted by molar-refractivity contribution is 6.35. The molecule has 4 rings (SSSR count). The molecule has 1 aliphatic carbocycles. The van der Waals surface area contributed by atoms with E-state index in [1.54, 1.807) is 0 Å². The molecule has 0 bridgehead atoms. The molecule has 160 valence electrons. The van der Waals surface area contributed by atoms with Crippen molar-refractivity contribution in [3.63, 3.8) is 0 Å². The second-order valence-corrected chi connectivity index (χ2v) is 9.35. The van der Waals surface area contributed by atoms with Crippen LogP contribution in [0.2, 0.25) is 5.02 Å². The lowest BCUT2D eigenvalue weighted by Crippen LogP contribution is -2.37. The Morgan fingerprint density at radius 2 is 2.21 bits per heavy atom. The maximum atomic E-state index is 13.9. The SMILES string of the molecule is CC1CC(CNC(O)c2cn(CC3CCCN3)c3cccc(Cl)c23)CC(F)(F)C1. The molecule has 3 N–H and O–H groups in total. The van der Waals surface area contributed by atoms with Crippen molar-refractivity contribution in [3.05, 3.63) is 35.0 Å². The van der Waals surface area contributed by atoms with Gasteiger partial charge in [-0.3, -0.25) is 5.32 Å². The van der Waals surface area contributed by atoms with Gasteiger partial charge >= 0.3 is 0 Å². The number of fused-ring (bicyclic) bond motifs is 1. The number of halogens is 3. The van der Waals surface area contributed by atoms with Gasteiger partial charge in [-0.05, 0) is 49.8 Å². The van der Waals surface area contributed by atoms with E-state index in [4.69, 9.17) is 11.6 Å². The van der Waals surface area contributed by atoms with Crippen molar-refractivity contribution < 1.29 is 13.9 Å². The fraction of sp³-hybridized carbons (Fsp3) is 0.636. The summed E-state index contributed by atoms with van der Waals surface area (Å²) in [5.41, 5.74) is 1.69. The van der Waals surface area contributed by atoms with Crippen LogP contribution in [0.5, 0.6) is 0 Å². The van der Waals surface area contributed by atoms with Gasteiger partial charge in [0.1, 0.15) is 6.23 Å². The van der Waals surface area contributed by atoms with Crippen LogP contribution in [0, 0.1) is 11.8 Å². The van der Waals surface area contributed by atoms with Crippen molar-refractivity contribution in [1.82, 2.24) is 15.2 Å². The van der Waals surface area contributed by atoms with Crippen LogP contribution < -0.4 is 10.6 Å². The Morgan fingerprint density at radius 3 is 2.93 bits per heavy atom. The lowest BCUT2D eigenvalue weighted by molar-refractivity contribution is -0.0704. The Labute approximate surface area is 175 Å². The predicted octanol–water partition coefficient (Wildman–Crippen LogP) is 4.70. The smallest absolute Gasteiger partial charge is 0.248 e. The molecule has 7 heteroatoms. The van der Waals surface area contributed by atoms with Crippen molar-refractivity contribution >= 4 is 22.5 Å². The van der Waals surface area contributed by atoms with E-state index in [1.165, 1.54) is 6.42 Å². The third-order valence-corrected chi connectivity index (χ3v) is 6.64. The molecule has 2 aliphatic rings. The Balaban J connectivity index is 1.51. The van der Waals surface area contributed by atoms with E-state index in [0.717, 1.165) is 36.8 Å². The summed E-state index contributed by atoms with van der Waals surface area (Å²) < 4.78 is 29.9. The molecular formula is C22H30ClF2N3O. The average molecular weight is 426 g/mol. The number of rotatable bonds is 6. The van der Waals surface area contributed by atoms with Gasteiger partial charge in [0.25, 0.3) is 0 Å². The predicted molar refractivity (Wildman–Crippen MR) is 112 cm³/mol. The van der Waals surface area contributed by atoms with E-state index < -0.39 is 12.2 Å². The molecule has 1 aromatic heterocycles. The summed E-state index contributed by atoms with van der Waals surface area (Å²) in [6, 6.07) is 6.16. The first kappa shape index (κ1) is 21.0. The minimum absolute atomic E-state index is 0.00189. The molecule has 4 nitrogen and oxygen atoms in total. The Morgan fingerprint density at radius 1 is 1.38 bits per heavy atom. The molecule has 29 heavy (non-hydrogen) atoms. The standard InChI is InChI=1S/C22H30ClF2N3O/c1-14-8-15(10-22(24,25)9-14)11-27-21(29)17-13-28(12-16-4-3-7-26-16)19-6-2-5-18(23)20(17)19/h2,5-6,13-16,21,26-27,29H,3-4,7-12H2,1H3. The fourth-order valence-electron chi connectivity index (χ4n) is 5.14. The number of aliphatic hydroxyl groups excluding tert-OH is 1. The highest BCUT2D eigenvalue weighted by atomic mass is 35.5. The summed E-state index contributed by atoms with van der Waals surface area (Å²) in [7, 11) is 0. The molecule has 4 atom stereocenters. The first-order chi connectivity index (χ1) is 13.8. The molecule has 2 heterocycles. The van der Waals surface area contributed by atoms with Crippen LogP contribution in [0.25, 0.3) is 10.9 Å². The van der Waals surface area contributed by atoms with E-state index in [2.05, 4.69) is 15.2 Å². The van der Waals surface area contributed by atoms with Crippen molar-refractivity contribution in [1.29, 1.82) is 0 Å². The normalized spacial score (nSPS) is 28.1. The molecule has 1 saturated heterocycles. The number of aliphatic hydroxyl groups is 1. The lowest BCUT2D eigenvalue weighted by atomic mass is 9.80. The average Bonchev–Trinajstić information content (AvgIpc) is 3.27. The molecule has 4 unspecified atom stereocenters. The van der Waals surface area contributed by atoms with Crippen LogP contribution in [0.4, 0.5) is 8.78 Å². The molecule has 2 fully saturated rings. The van der Waals surface area contributed by atoms with Crippen LogP contribution in [0.3, 0.4) is 0 Å². The zero-order chi connectivity index (χ0) is 20.6. The van der Waals surface area contributed by atoms with Crippen molar-refractivity contribution in [2.45, 2.75) is 63.8 Å². The number of benzene rings is 1. The zero-order valence-corrected chi connectivity index (χ0v) is 17.6. The molecule has 0 amide bonds. The summed E-state index contributed by atoms with van der Waals surface area (Å²) in [6.07, 6.45) is 3.91. The number of hydrogen-bond donors (Lipinski definition) is 3. The second kappa shape index (κ2) is 8.50. The number of nitrogens with zero attached hydrogens (tertiary/aromatic N) is 1. The van der Waals surface area contributed by atoms with Crippen LogP contribution in [-0.4, -0.2) is 34.7 Å². The van der Waals surface area contributed by atoms with Gasteiger partial charge in [0.2, 0.25) is 5.92 Å². The van der Waals surface area contributed by atoms with E-state index in [9.17, 15) is 13.9 Å². The topological polar surface area (TPSA) is 49.2 Å². The van der Waals surface area contributed by atoms with Crippen molar-refractivity contribution in [2.24, 2.45) is 11.8 Å². The molecule has 2 aromatic rings. The molecule has 0 spiro atoms. The Kier molecular flexibility index (Phi) is 6.17. The maximum absolute atomic E-state index is 13.9. The number of hydrogen-bond acceptors (Lipinski definition) is 3. The van der Waals surface area contributed by atoms with Gasteiger partial charge in [0, 0.05) is 54.6 Å². The minimum atomic E-state index is -2.61. The summed E-state index contributed by atoms with van der Waals surface area (Å²) >= 11 is 6.47. The second-order valence-electron chi connectivity index (χ2n) is 8.95. The van der Waals surface area contributed by atoms with Gasteiger partial charge in [0.15, 0.2) is 0 Å². The van der Waals surface area contributed by atoms with Crippen LogP contribution in [0.1, 0.15) is 50.8 Å². The maximum Gasteiger partial charge on any atom is 0.248 e. The zero-order valence-electron chi connectivity index (χ0n) is 16.8. The molecule has 1 saturated carbocycles. The van der Waals surface area contributed by atoms with E-state index in [1.807, 2.05) is 31.3 Å². The Bertz CT molecular complexity index is 850. The summed E-state index contributed by atoms with van der Waals surface area (Å²) in [5.74, 6) is -2.75. The lowest BCUT2D eigenvalue weighted by Gasteiger charge is -2.33. The van der Waals surface area contributed by atoms with E-state index in [0.29, 0.717) is 23.2 Å². The number of alkyl halides is 2. The third kappa shape index (κ3) is 4.76. The van der Waals surface area contributed by atoms with E-state index in [-0.39, 0.29) is 24.7 Å². The van der Waals surface area contributed by atoms with Crippen LogP contribution in [-0.2, 0) is 6.54 Å². The largest absolute Gasteiger partial charge is 0.374 e. The first-order valence-electron chi connectivity index (χ1n) is 10.6. The van der Waals surface area contributed by atoms with Gasteiger partial charge < -0.3 is 15.0 Å². The van der Waals surface area contributed by atoms with Crippen LogP contribution >= 0.6 is 11.6 Å². The van der Waals surface area contributed by atoms with Gasteiger partial charge in [-0.2, -0.15) is 0 Å².